The first-order valence-electron chi connectivity index (χ1n) is 33.6. The van der Waals surface area contributed by atoms with Gasteiger partial charge in [0, 0.05) is 22.3 Å². The Morgan fingerprint density at radius 1 is 0.319 bits per heavy atom. The first-order chi connectivity index (χ1) is 52.7. The molecule has 0 spiro atoms. The molecule has 0 aliphatic carbocycles. The lowest BCUT2D eigenvalue weighted by Crippen LogP contribution is -2.54. The first-order valence-corrected chi connectivity index (χ1v) is 35.0. The third kappa shape index (κ3) is 25.1. The second-order valence-corrected chi connectivity index (χ2v) is 27.0. The minimum absolute atomic E-state index is 0. The molecule has 0 amide bonds. The lowest BCUT2D eigenvalue weighted by molar-refractivity contribution is -0.288. The number of alkyl halides is 6. The molecule has 0 unspecified atom stereocenters. The number of ether oxygens (including phenoxy) is 12. The van der Waals surface area contributed by atoms with Crippen LogP contribution in [-0.2, 0) is 98.2 Å². The molecule has 113 heavy (non-hydrogen) atoms. The van der Waals surface area contributed by atoms with Crippen LogP contribution >= 0.6 is 0 Å². The number of carbonyl (C=O) groups is 8. The number of benzene rings is 8. The molecule has 0 atom stereocenters. The van der Waals surface area contributed by atoms with Gasteiger partial charge in [-0.25, -0.2) is 27.6 Å². The van der Waals surface area contributed by atoms with Gasteiger partial charge in [-0.2, -0.15) is 26.3 Å². The van der Waals surface area contributed by atoms with E-state index >= 15 is 0 Å². The quantitative estimate of drug-likeness (QED) is 0.00945. The Labute approximate surface area is 647 Å². The predicted octanol–water partition coefficient (Wildman–Crippen LogP) is 15.9. The predicted molar refractivity (Wildman–Crippen MR) is 399 cm³/mol. The summed E-state index contributed by atoms with van der Waals surface area (Å²) in [6.45, 7) is 25.5. The molecule has 29 heteroatoms. The van der Waals surface area contributed by atoms with Crippen molar-refractivity contribution in [3.05, 3.63) is 274 Å². The van der Waals surface area contributed by atoms with Gasteiger partial charge in [-0.3, -0.25) is 19.2 Å². The van der Waals surface area contributed by atoms with E-state index in [4.69, 9.17) is 56.8 Å². The Bertz CT molecular complexity index is 4670. The smallest absolute Gasteiger partial charge is 0.411 e. The minimum Gasteiger partial charge on any atom is -0.457 e. The topological polar surface area (TPSA) is 281 Å². The van der Waals surface area contributed by atoms with Crippen LogP contribution in [0, 0.1) is 27.7 Å². The third-order valence-corrected chi connectivity index (χ3v) is 18.1. The zero-order valence-electron chi connectivity index (χ0n) is 61.8. The molecule has 0 saturated carbocycles. The summed E-state index contributed by atoms with van der Waals surface area (Å²) in [6, 6.07) is 35.7. The van der Waals surface area contributed by atoms with Gasteiger partial charge in [0.25, 0.3) is 0 Å². The summed E-state index contributed by atoms with van der Waals surface area (Å²) >= 11 is 0. The van der Waals surface area contributed by atoms with Gasteiger partial charge < -0.3 is 56.8 Å². The molecule has 8 aromatic carbocycles. The molecule has 0 N–H and O–H groups in total. The number of hydrogen-bond donors (Lipinski definition) is 0. The highest BCUT2D eigenvalue weighted by atomic mass is 32.2. The first kappa shape index (κ1) is 89.1. The van der Waals surface area contributed by atoms with Crippen molar-refractivity contribution in [2.24, 2.45) is 0 Å². The largest absolute Gasteiger partial charge is 0.457 e. The third-order valence-electron chi connectivity index (χ3n) is 16.3. The zero-order valence-corrected chi connectivity index (χ0v) is 62.6. The number of hydrogen-bond acceptors (Lipinski definition) is 22. The molecule has 0 bridgehead atoms. The fraction of sp³-hybridized carbons (Fsp3) is 0.238. The summed E-state index contributed by atoms with van der Waals surface area (Å²) in [6.07, 6.45) is -12.5. The highest BCUT2D eigenvalue weighted by Gasteiger charge is 2.72. The van der Waals surface area contributed by atoms with Gasteiger partial charge in [-0.1, -0.05) is 82.3 Å². The van der Waals surface area contributed by atoms with Crippen molar-refractivity contribution >= 4 is 57.6 Å². The standard InChI is InChI=1S/C43H38F6O10.C40H38O12S.CH4/c1-25(2)39(52)56-23-54-35-13-7-29(27(5)19-35)21-37(50)58-33-15-9-31(10-16-33)41(42(44,45)46,43(47,48)49)32-11-17-34(18-12-32)59-38(51)22-30-8-14-36(20-28(30)6)55-24-57-40(53)26(3)4;1-25(2)39(43)49-23-47-33-9-7-29(27(5)19-33)21-37(41)51-31-11-15-35(16-12-31)53(45,46)36-17-13-32(14-18-36)52-38(42)22-30-8-10-34(20-28(30)6)48-24-50-40(44)26(3)4;/h7-20H,1,3,21-24H2,2,4-6H3;7-20H,1,3,21-24H2,2,4-6H3;1H4. The molecule has 0 aliphatic rings. The number of esters is 8. The van der Waals surface area contributed by atoms with E-state index in [1.807, 2.05) is 0 Å². The van der Waals surface area contributed by atoms with E-state index in [0.29, 0.717) is 80.6 Å². The van der Waals surface area contributed by atoms with Gasteiger partial charge in [0.1, 0.15) is 46.0 Å². The summed E-state index contributed by atoms with van der Waals surface area (Å²) in [5.74, 6) is -4.00. The van der Waals surface area contributed by atoms with Gasteiger partial charge in [-0.15, -0.1) is 0 Å². The molecule has 0 radical (unpaired) electrons. The molecule has 0 fully saturated rings. The SMILES string of the molecule is C.C=C(C)C(=O)OCOc1ccc(CC(=O)Oc2ccc(C(c3ccc(OC(=O)Cc4ccc(OCOC(=O)C(=C)C)cc4C)cc3)(C(F)(F)F)C(F)(F)F)cc2)c(C)c1.C=C(C)C(=O)OCOc1ccc(CC(=O)Oc2ccc(S(=O)(=O)c3ccc(OC(=O)Cc4ccc(OCOC(=O)C(=C)C)cc4C)cc3)cc2)c(C)c1. The highest BCUT2D eigenvalue weighted by Crippen LogP contribution is 2.56. The Hall–Kier alpha value is -12.8. The lowest BCUT2D eigenvalue weighted by atomic mass is 9.73. The van der Waals surface area contributed by atoms with Gasteiger partial charge in [0.05, 0.1) is 35.5 Å². The van der Waals surface area contributed by atoms with Crippen molar-refractivity contribution in [2.75, 3.05) is 27.2 Å². The van der Waals surface area contributed by atoms with E-state index in [0.717, 1.165) is 35.4 Å². The molecule has 22 nitrogen and oxygen atoms in total. The summed E-state index contributed by atoms with van der Waals surface area (Å²) in [4.78, 5) is 96.7. The van der Waals surface area contributed by atoms with Crippen molar-refractivity contribution in [3.8, 4) is 46.0 Å². The van der Waals surface area contributed by atoms with Crippen molar-refractivity contribution in [1.82, 2.24) is 0 Å². The van der Waals surface area contributed by atoms with Crippen LogP contribution in [0.5, 0.6) is 46.0 Å². The Balaban J connectivity index is 0.000000351. The molecule has 0 heterocycles. The fourth-order valence-corrected chi connectivity index (χ4v) is 11.5. The Morgan fingerprint density at radius 2 is 0.513 bits per heavy atom. The lowest BCUT2D eigenvalue weighted by Gasteiger charge is -2.38. The van der Waals surface area contributed by atoms with Crippen LogP contribution in [0.15, 0.2) is 228 Å². The van der Waals surface area contributed by atoms with Gasteiger partial charge >= 0.3 is 60.1 Å². The molecule has 0 aromatic heterocycles. The van der Waals surface area contributed by atoms with E-state index in [2.05, 4.69) is 26.3 Å². The molecule has 8 aromatic rings. The summed E-state index contributed by atoms with van der Waals surface area (Å²) in [5, 5.41) is 0. The summed E-state index contributed by atoms with van der Waals surface area (Å²) in [7, 11) is -3.95. The number of sulfone groups is 1. The van der Waals surface area contributed by atoms with E-state index in [9.17, 15) is 73.1 Å². The zero-order chi connectivity index (χ0) is 82.4. The fourth-order valence-electron chi connectivity index (χ4n) is 10.3. The van der Waals surface area contributed by atoms with Crippen LogP contribution in [0.1, 0.15) is 90.8 Å². The van der Waals surface area contributed by atoms with Gasteiger partial charge in [-0.05, 0) is 232 Å². The van der Waals surface area contributed by atoms with E-state index in [1.165, 1.54) is 100 Å². The molecule has 8 rings (SSSR count). The molecule has 0 saturated heterocycles. The molecular weight excluding hydrogens is 1510 g/mol. The number of carbonyl (C=O) groups excluding carboxylic acids is 8. The maximum absolute atomic E-state index is 14.8. The monoisotopic (exact) mass is 1590 g/mol. The van der Waals surface area contributed by atoms with Crippen LogP contribution < -0.4 is 37.9 Å². The molecule has 0 aliphatic heterocycles. The Kier molecular flexibility index (Phi) is 31.3. The Morgan fingerprint density at radius 3 is 0.699 bits per heavy atom. The van der Waals surface area contributed by atoms with Gasteiger partial charge in [0.2, 0.25) is 42.4 Å². The average Bonchev–Trinajstić information content (AvgIpc) is 0.716. The van der Waals surface area contributed by atoms with Crippen molar-refractivity contribution in [1.29, 1.82) is 0 Å². The van der Waals surface area contributed by atoms with Crippen LogP contribution in [0.3, 0.4) is 0 Å². The minimum atomic E-state index is -5.92. The van der Waals surface area contributed by atoms with Gasteiger partial charge in [0.15, 0.2) is 0 Å². The average molecular weight is 1590 g/mol. The highest BCUT2D eigenvalue weighted by molar-refractivity contribution is 7.91. The second kappa shape index (κ2) is 39.7. The maximum Gasteiger partial charge on any atom is 0.411 e. The van der Waals surface area contributed by atoms with Crippen LogP contribution in [0.4, 0.5) is 26.3 Å². The normalized spacial score (nSPS) is 11.1. The maximum atomic E-state index is 14.8. The summed E-state index contributed by atoms with van der Waals surface area (Å²) in [5.41, 5.74) is -1.07. The summed E-state index contributed by atoms with van der Waals surface area (Å²) < 4.78 is 178. The van der Waals surface area contributed by atoms with Crippen molar-refractivity contribution < 1.29 is 130 Å². The number of aryl methyl sites for hydroxylation is 4. The van der Waals surface area contributed by atoms with Crippen molar-refractivity contribution in [2.45, 2.75) is 116 Å². The van der Waals surface area contributed by atoms with Crippen LogP contribution in [0.2, 0.25) is 0 Å². The van der Waals surface area contributed by atoms with Crippen molar-refractivity contribution in [3.63, 3.8) is 0 Å². The van der Waals surface area contributed by atoms with E-state index < -0.39 is 86.5 Å². The number of halogens is 6. The second-order valence-electron chi connectivity index (χ2n) is 25.1. The van der Waals surface area contributed by atoms with E-state index in [1.54, 1.807) is 76.2 Å². The molecular formula is C84H80F6O22S. The molecule has 596 valence electrons. The van der Waals surface area contributed by atoms with Crippen LogP contribution in [-0.4, -0.2) is 95.7 Å². The van der Waals surface area contributed by atoms with E-state index in [-0.39, 0.29) is 115 Å². The number of rotatable bonds is 32. The van der Waals surface area contributed by atoms with Crippen LogP contribution in [0.25, 0.3) is 0 Å².